The van der Waals surface area contributed by atoms with E-state index in [-0.39, 0.29) is 5.69 Å². The second-order valence-electron chi connectivity index (χ2n) is 6.64. The quantitative estimate of drug-likeness (QED) is 0.659. The van der Waals surface area contributed by atoms with E-state index < -0.39 is 5.97 Å². The topological polar surface area (TPSA) is 93.4 Å². The number of benzene rings is 1. The molecule has 3 heterocycles. The van der Waals surface area contributed by atoms with Gasteiger partial charge in [-0.25, -0.2) is 19.7 Å². The van der Waals surface area contributed by atoms with Crippen LogP contribution in [-0.4, -0.2) is 44.4 Å². The Hall–Kier alpha value is -2.91. The molecule has 0 radical (unpaired) electrons. The summed E-state index contributed by atoms with van der Waals surface area (Å²) in [4.78, 5) is 27.7. The average molecular weight is 411 g/mol. The van der Waals surface area contributed by atoms with Crippen LogP contribution in [0.2, 0.25) is 0 Å². The van der Waals surface area contributed by atoms with Gasteiger partial charge in [-0.15, -0.1) is 0 Å². The summed E-state index contributed by atoms with van der Waals surface area (Å²) in [6.07, 6.45) is 4.02. The minimum Gasteiger partial charge on any atom is -0.476 e. The molecule has 150 valence electrons. The van der Waals surface area contributed by atoms with E-state index in [2.05, 4.69) is 33.2 Å². The fraction of sp³-hybridized carbons (Fsp3) is 0.300. The molecule has 0 amide bonds. The van der Waals surface area contributed by atoms with Crippen molar-refractivity contribution in [2.45, 2.75) is 36.7 Å². The van der Waals surface area contributed by atoms with Gasteiger partial charge in [0.05, 0.1) is 5.69 Å². The van der Waals surface area contributed by atoms with Crippen molar-refractivity contribution in [1.29, 1.82) is 0 Å². The molecule has 8 nitrogen and oxygen atoms in total. The van der Waals surface area contributed by atoms with Crippen molar-refractivity contribution in [2.75, 3.05) is 18.7 Å². The Morgan fingerprint density at radius 2 is 2.07 bits per heavy atom. The van der Waals surface area contributed by atoms with Crippen LogP contribution in [0.5, 0.6) is 0 Å². The lowest BCUT2D eigenvalue weighted by molar-refractivity contribution is 0.0690. The van der Waals surface area contributed by atoms with Crippen LogP contribution in [0.25, 0.3) is 0 Å². The fourth-order valence-corrected chi connectivity index (χ4v) is 4.45. The molecule has 0 spiro atoms. The van der Waals surface area contributed by atoms with Crippen LogP contribution in [0.3, 0.4) is 0 Å². The predicted molar refractivity (Wildman–Crippen MR) is 109 cm³/mol. The second-order valence-corrected chi connectivity index (χ2v) is 7.67. The lowest BCUT2D eigenvalue weighted by atomic mass is 10.1. The van der Waals surface area contributed by atoms with Crippen molar-refractivity contribution in [1.82, 2.24) is 19.5 Å². The van der Waals surface area contributed by atoms with Gasteiger partial charge in [-0.2, -0.15) is 0 Å². The van der Waals surface area contributed by atoms with Crippen molar-refractivity contribution >= 4 is 29.2 Å². The Morgan fingerprint density at radius 3 is 2.79 bits per heavy atom. The van der Waals surface area contributed by atoms with Crippen LogP contribution in [0.4, 0.5) is 11.5 Å². The molecule has 0 saturated heterocycles. The fourth-order valence-electron chi connectivity index (χ4n) is 3.47. The number of aromatic carboxylic acids is 1. The minimum atomic E-state index is -1.00. The first kappa shape index (κ1) is 19.4. The smallest absolute Gasteiger partial charge is 0.356 e. The van der Waals surface area contributed by atoms with E-state index in [1.165, 1.54) is 0 Å². The Labute approximate surface area is 172 Å². The van der Waals surface area contributed by atoms with Crippen molar-refractivity contribution in [2.24, 2.45) is 0 Å². The molecule has 3 aromatic rings. The second kappa shape index (κ2) is 7.84. The standard InChI is InChI=1S/C20H21N5O3S/c1-4-16-23-17(20(26)27)12(2)24(16)10-13-5-6-15-14(9-13)25(11-28-3)18-19(29-15)22-8-7-21-18/h5-9H,4,10-11H2,1-3H3,(H,26,27). The summed E-state index contributed by atoms with van der Waals surface area (Å²) in [5, 5.41) is 10.2. The number of carboxylic acids is 1. The molecular weight excluding hydrogens is 390 g/mol. The van der Waals surface area contributed by atoms with Crippen LogP contribution in [0, 0.1) is 6.92 Å². The summed E-state index contributed by atoms with van der Waals surface area (Å²) in [6, 6.07) is 6.21. The maximum atomic E-state index is 11.5. The van der Waals surface area contributed by atoms with Gasteiger partial charge in [0.25, 0.3) is 0 Å². The molecular formula is C20H21N5O3S. The van der Waals surface area contributed by atoms with Gasteiger partial charge in [-0.3, -0.25) is 4.90 Å². The summed E-state index contributed by atoms with van der Waals surface area (Å²) in [5.41, 5.74) is 2.81. The van der Waals surface area contributed by atoms with Gasteiger partial charge in [0.1, 0.15) is 17.6 Å². The van der Waals surface area contributed by atoms with Crippen molar-refractivity contribution in [3.63, 3.8) is 0 Å². The van der Waals surface area contributed by atoms with Crippen LogP contribution >= 0.6 is 11.8 Å². The molecule has 0 saturated carbocycles. The van der Waals surface area contributed by atoms with E-state index in [1.807, 2.05) is 16.4 Å². The van der Waals surface area contributed by atoms with Gasteiger partial charge >= 0.3 is 5.97 Å². The third-order valence-electron chi connectivity index (χ3n) is 4.84. The molecule has 2 aromatic heterocycles. The van der Waals surface area contributed by atoms with Gasteiger partial charge in [0.2, 0.25) is 0 Å². The number of methoxy groups -OCH3 is 1. The number of rotatable bonds is 6. The van der Waals surface area contributed by atoms with E-state index >= 15 is 0 Å². The highest BCUT2D eigenvalue weighted by molar-refractivity contribution is 7.99. The number of anilines is 2. The Kier molecular flexibility index (Phi) is 5.25. The van der Waals surface area contributed by atoms with Crippen molar-refractivity contribution in [3.8, 4) is 0 Å². The lowest BCUT2D eigenvalue weighted by Gasteiger charge is -2.30. The SMILES string of the molecule is CCc1nc(C(=O)O)c(C)n1Cc1ccc2c(c1)N(COC)c1nccnc1S2. The number of nitrogens with zero attached hydrogens (tertiary/aromatic N) is 5. The highest BCUT2D eigenvalue weighted by atomic mass is 32.2. The molecule has 4 rings (SSSR count). The number of fused-ring (bicyclic) bond motifs is 2. The molecule has 9 heteroatoms. The van der Waals surface area contributed by atoms with Gasteiger partial charge in [-0.1, -0.05) is 24.8 Å². The molecule has 1 aromatic carbocycles. The summed E-state index contributed by atoms with van der Waals surface area (Å²) >= 11 is 1.58. The summed E-state index contributed by atoms with van der Waals surface area (Å²) in [7, 11) is 1.65. The molecule has 0 fully saturated rings. The maximum Gasteiger partial charge on any atom is 0.356 e. The molecule has 0 aliphatic carbocycles. The molecule has 0 atom stereocenters. The molecule has 1 N–H and O–H groups in total. The average Bonchev–Trinajstić information content (AvgIpc) is 3.04. The number of aromatic nitrogens is 4. The number of aryl methyl sites for hydroxylation is 1. The first-order chi connectivity index (χ1) is 14.0. The predicted octanol–water partition coefficient (Wildman–Crippen LogP) is 3.50. The molecule has 0 bridgehead atoms. The number of ether oxygens (including phenoxy) is 1. The molecule has 1 aliphatic heterocycles. The molecule has 29 heavy (non-hydrogen) atoms. The van der Waals surface area contributed by atoms with Gasteiger partial charge in [0, 0.05) is 43.1 Å². The first-order valence-corrected chi connectivity index (χ1v) is 10.0. The Morgan fingerprint density at radius 1 is 1.28 bits per heavy atom. The maximum absolute atomic E-state index is 11.5. The lowest BCUT2D eigenvalue weighted by Crippen LogP contribution is -2.24. The van der Waals surface area contributed by atoms with Crippen LogP contribution in [0.15, 0.2) is 40.5 Å². The number of hydrogen-bond donors (Lipinski definition) is 1. The van der Waals surface area contributed by atoms with Gasteiger partial charge < -0.3 is 14.4 Å². The van der Waals surface area contributed by atoms with Crippen molar-refractivity contribution in [3.05, 3.63) is 53.4 Å². The molecule has 1 aliphatic rings. The zero-order valence-corrected chi connectivity index (χ0v) is 17.2. The largest absolute Gasteiger partial charge is 0.476 e. The number of imidazole rings is 1. The summed E-state index contributed by atoms with van der Waals surface area (Å²) in [5.74, 6) is 0.529. The monoisotopic (exact) mass is 411 g/mol. The number of carboxylic acid groups (broad SMARTS) is 1. The Balaban J connectivity index is 1.73. The Bertz CT molecular complexity index is 1080. The minimum absolute atomic E-state index is 0.112. The van der Waals surface area contributed by atoms with E-state index in [0.717, 1.165) is 32.8 Å². The third-order valence-corrected chi connectivity index (χ3v) is 5.89. The highest BCUT2D eigenvalue weighted by Crippen LogP contribution is 2.46. The van der Waals surface area contributed by atoms with E-state index in [0.29, 0.717) is 25.4 Å². The first-order valence-electron chi connectivity index (χ1n) is 9.21. The number of hydrogen-bond acceptors (Lipinski definition) is 7. The van der Waals surface area contributed by atoms with Gasteiger partial charge in [0.15, 0.2) is 11.5 Å². The normalized spacial score (nSPS) is 12.6. The molecule has 0 unspecified atom stereocenters. The summed E-state index contributed by atoms with van der Waals surface area (Å²) < 4.78 is 7.37. The highest BCUT2D eigenvalue weighted by Gasteiger charge is 2.26. The van der Waals surface area contributed by atoms with Crippen LogP contribution in [-0.2, 0) is 17.7 Å². The van der Waals surface area contributed by atoms with E-state index in [9.17, 15) is 9.90 Å². The van der Waals surface area contributed by atoms with Crippen LogP contribution in [0.1, 0.15) is 34.5 Å². The van der Waals surface area contributed by atoms with Crippen LogP contribution < -0.4 is 4.90 Å². The summed E-state index contributed by atoms with van der Waals surface area (Å²) in [6.45, 7) is 4.67. The zero-order chi connectivity index (χ0) is 20.5. The third kappa shape index (κ3) is 3.47. The van der Waals surface area contributed by atoms with Crippen molar-refractivity contribution < 1.29 is 14.6 Å². The van der Waals surface area contributed by atoms with E-state index in [1.54, 1.807) is 38.2 Å². The van der Waals surface area contributed by atoms with Gasteiger partial charge in [-0.05, 0) is 24.6 Å². The number of carbonyl (C=O) groups is 1. The van der Waals surface area contributed by atoms with E-state index in [4.69, 9.17) is 4.74 Å². The zero-order valence-electron chi connectivity index (χ0n) is 16.4.